The molecule has 0 saturated carbocycles. The summed E-state index contributed by atoms with van der Waals surface area (Å²) in [5.74, 6) is 0.638. The van der Waals surface area contributed by atoms with E-state index in [2.05, 4.69) is 27.3 Å². The number of nitrogens with zero attached hydrogens (tertiary/aromatic N) is 2. The van der Waals surface area contributed by atoms with Gasteiger partial charge in [0, 0.05) is 0 Å². The van der Waals surface area contributed by atoms with Crippen molar-refractivity contribution < 1.29 is 4.74 Å². The molecule has 3 rings (SSSR count). The van der Waals surface area contributed by atoms with E-state index in [1.54, 1.807) is 24.7 Å². The number of ether oxygens (including phenoxy) is 1. The van der Waals surface area contributed by atoms with Crippen LogP contribution in [0.5, 0.6) is 5.75 Å². The number of imidazole rings is 1. The van der Waals surface area contributed by atoms with Gasteiger partial charge in [-0.25, -0.2) is 4.98 Å². The number of hydrogen-bond acceptors (Lipinski definition) is 4. The van der Waals surface area contributed by atoms with Gasteiger partial charge in [-0.1, -0.05) is 36.4 Å². The minimum atomic E-state index is 0.342. The molecule has 116 valence electrons. The Bertz CT molecular complexity index is 755. The van der Waals surface area contributed by atoms with Gasteiger partial charge in [-0.3, -0.25) is 0 Å². The Morgan fingerprint density at radius 2 is 1.96 bits per heavy atom. The lowest BCUT2D eigenvalue weighted by Crippen LogP contribution is -2.01. The molecule has 2 aromatic carbocycles. The highest BCUT2D eigenvalue weighted by Gasteiger charge is 2.13. The quantitative estimate of drug-likeness (QED) is 0.516. The average Bonchev–Trinajstić information content (AvgIpc) is 3.13. The standard InChI is InChI=1S/C18H17N3O2/c22-21-15-9-4-10-17(18(15)16-12-19-13-20-16)23-11-5-8-14-6-2-1-3-7-14/h1-4,6-7,9-10,12-13H,5,8,11H2,(H,19,20). The van der Waals surface area contributed by atoms with Gasteiger partial charge in [-0.15, -0.1) is 4.91 Å². The maximum Gasteiger partial charge on any atom is 0.130 e. The molecule has 0 bridgehead atoms. The van der Waals surface area contributed by atoms with Gasteiger partial charge in [-0.2, -0.15) is 0 Å². The van der Waals surface area contributed by atoms with Crippen LogP contribution in [0, 0.1) is 4.91 Å². The normalized spacial score (nSPS) is 10.4. The number of hydrogen-bond donors (Lipinski definition) is 1. The number of aromatic amines is 1. The monoisotopic (exact) mass is 307 g/mol. The first kappa shape index (κ1) is 15.0. The molecular weight excluding hydrogens is 290 g/mol. The van der Waals surface area contributed by atoms with E-state index in [0.717, 1.165) is 18.5 Å². The van der Waals surface area contributed by atoms with Gasteiger partial charge in [0.15, 0.2) is 0 Å². The number of nitroso groups, excluding NO2 is 1. The molecule has 1 N–H and O–H groups in total. The first-order chi connectivity index (χ1) is 11.4. The third kappa shape index (κ3) is 3.63. The van der Waals surface area contributed by atoms with Gasteiger partial charge < -0.3 is 9.72 Å². The van der Waals surface area contributed by atoms with Crippen LogP contribution >= 0.6 is 0 Å². The molecule has 0 radical (unpaired) electrons. The SMILES string of the molecule is O=Nc1cccc(OCCCc2ccccc2)c1-c1cnc[nH]1. The maximum absolute atomic E-state index is 11.0. The second-order valence-electron chi connectivity index (χ2n) is 5.14. The van der Waals surface area contributed by atoms with E-state index in [-0.39, 0.29) is 0 Å². The zero-order valence-corrected chi connectivity index (χ0v) is 12.6. The van der Waals surface area contributed by atoms with Crippen LogP contribution in [-0.4, -0.2) is 16.6 Å². The highest BCUT2D eigenvalue weighted by molar-refractivity contribution is 5.78. The highest BCUT2D eigenvalue weighted by atomic mass is 16.5. The zero-order chi connectivity index (χ0) is 15.9. The van der Waals surface area contributed by atoms with Crippen LogP contribution in [0.3, 0.4) is 0 Å². The lowest BCUT2D eigenvalue weighted by atomic mass is 10.1. The van der Waals surface area contributed by atoms with Crippen molar-refractivity contribution in [2.75, 3.05) is 6.61 Å². The minimum Gasteiger partial charge on any atom is -0.493 e. The number of rotatable bonds is 7. The molecule has 0 fully saturated rings. The molecule has 0 atom stereocenters. The fourth-order valence-corrected chi connectivity index (χ4v) is 2.48. The lowest BCUT2D eigenvalue weighted by Gasteiger charge is -2.11. The number of benzene rings is 2. The molecule has 0 aliphatic carbocycles. The third-order valence-electron chi connectivity index (χ3n) is 3.58. The predicted molar refractivity (Wildman–Crippen MR) is 89.7 cm³/mol. The first-order valence-corrected chi connectivity index (χ1v) is 7.50. The predicted octanol–water partition coefficient (Wildman–Crippen LogP) is 4.49. The van der Waals surface area contributed by atoms with Crippen molar-refractivity contribution in [2.45, 2.75) is 12.8 Å². The second kappa shape index (κ2) is 7.35. The number of H-pyrrole nitrogens is 1. The van der Waals surface area contributed by atoms with Crippen LogP contribution < -0.4 is 4.74 Å². The summed E-state index contributed by atoms with van der Waals surface area (Å²) >= 11 is 0. The zero-order valence-electron chi connectivity index (χ0n) is 12.6. The van der Waals surface area contributed by atoms with E-state index in [1.807, 2.05) is 24.3 Å². The Morgan fingerprint density at radius 3 is 2.70 bits per heavy atom. The second-order valence-corrected chi connectivity index (χ2v) is 5.14. The summed E-state index contributed by atoms with van der Waals surface area (Å²) in [6.07, 6.45) is 5.06. The van der Waals surface area contributed by atoms with Crippen LogP contribution in [0.2, 0.25) is 0 Å². The molecular formula is C18H17N3O2. The smallest absolute Gasteiger partial charge is 0.130 e. The van der Waals surface area contributed by atoms with Gasteiger partial charge in [0.2, 0.25) is 0 Å². The van der Waals surface area contributed by atoms with Gasteiger partial charge in [-0.05, 0) is 35.7 Å². The fourth-order valence-electron chi connectivity index (χ4n) is 2.48. The van der Waals surface area contributed by atoms with Gasteiger partial charge in [0.05, 0.1) is 30.4 Å². The van der Waals surface area contributed by atoms with Crippen LogP contribution in [0.15, 0.2) is 66.2 Å². The van der Waals surface area contributed by atoms with Crippen molar-refractivity contribution in [3.63, 3.8) is 0 Å². The van der Waals surface area contributed by atoms with Crippen LogP contribution in [-0.2, 0) is 6.42 Å². The molecule has 0 unspecified atom stereocenters. The van der Waals surface area contributed by atoms with Crippen molar-refractivity contribution in [1.29, 1.82) is 0 Å². The van der Waals surface area contributed by atoms with E-state index in [4.69, 9.17) is 4.74 Å². The van der Waals surface area contributed by atoms with E-state index >= 15 is 0 Å². The van der Waals surface area contributed by atoms with E-state index < -0.39 is 0 Å². The maximum atomic E-state index is 11.0. The Hall–Kier alpha value is -2.95. The molecule has 3 aromatic rings. The van der Waals surface area contributed by atoms with Crippen molar-refractivity contribution >= 4 is 5.69 Å². The summed E-state index contributed by atoms with van der Waals surface area (Å²) < 4.78 is 5.88. The topological polar surface area (TPSA) is 67.3 Å². The van der Waals surface area contributed by atoms with E-state index in [1.165, 1.54) is 5.56 Å². The highest BCUT2D eigenvalue weighted by Crippen LogP contribution is 2.37. The number of nitrogens with one attached hydrogen (secondary N) is 1. The molecule has 5 nitrogen and oxygen atoms in total. The lowest BCUT2D eigenvalue weighted by molar-refractivity contribution is 0.312. The summed E-state index contributed by atoms with van der Waals surface area (Å²) in [6, 6.07) is 15.6. The van der Waals surface area contributed by atoms with Crippen molar-refractivity contribution in [2.24, 2.45) is 5.18 Å². The van der Waals surface area contributed by atoms with Crippen molar-refractivity contribution in [3.05, 3.63) is 71.5 Å². The van der Waals surface area contributed by atoms with Gasteiger partial charge in [0.1, 0.15) is 11.4 Å². The average molecular weight is 307 g/mol. The first-order valence-electron chi connectivity index (χ1n) is 7.50. The summed E-state index contributed by atoms with van der Waals surface area (Å²) in [5, 5.41) is 3.09. The fraction of sp³-hybridized carbons (Fsp3) is 0.167. The Balaban J connectivity index is 1.69. The molecule has 23 heavy (non-hydrogen) atoms. The Morgan fingerprint density at radius 1 is 1.09 bits per heavy atom. The van der Waals surface area contributed by atoms with Crippen molar-refractivity contribution in [1.82, 2.24) is 9.97 Å². The van der Waals surface area contributed by atoms with Crippen molar-refractivity contribution in [3.8, 4) is 17.0 Å². The third-order valence-corrected chi connectivity index (χ3v) is 3.58. The van der Waals surface area contributed by atoms with Gasteiger partial charge in [0.25, 0.3) is 0 Å². The summed E-state index contributed by atoms with van der Waals surface area (Å²) in [7, 11) is 0. The van der Waals surface area contributed by atoms with E-state index in [0.29, 0.717) is 23.6 Å². The van der Waals surface area contributed by atoms with Crippen LogP contribution in [0.4, 0.5) is 5.69 Å². The van der Waals surface area contributed by atoms with Gasteiger partial charge >= 0.3 is 0 Å². The molecule has 1 aromatic heterocycles. The molecule has 0 spiro atoms. The molecule has 0 aliphatic heterocycles. The summed E-state index contributed by atoms with van der Waals surface area (Å²) in [6.45, 7) is 0.568. The number of aromatic nitrogens is 2. The Kier molecular flexibility index (Phi) is 4.79. The summed E-state index contributed by atoms with van der Waals surface area (Å²) in [4.78, 5) is 18.0. The largest absolute Gasteiger partial charge is 0.493 e. The van der Waals surface area contributed by atoms with Crippen LogP contribution in [0.1, 0.15) is 12.0 Å². The summed E-state index contributed by atoms with van der Waals surface area (Å²) in [5.41, 5.74) is 3.00. The molecule has 0 amide bonds. The molecule has 1 heterocycles. The molecule has 0 aliphatic rings. The Labute approximate surface area is 134 Å². The van der Waals surface area contributed by atoms with E-state index in [9.17, 15) is 4.91 Å². The minimum absolute atomic E-state index is 0.342. The molecule has 0 saturated heterocycles. The molecule has 5 heteroatoms. The van der Waals surface area contributed by atoms with Crippen LogP contribution in [0.25, 0.3) is 11.3 Å². The number of aryl methyl sites for hydroxylation is 1.